The second kappa shape index (κ2) is 4.80. The lowest BCUT2D eigenvalue weighted by Crippen LogP contribution is -2.07. The highest BCUT2D eigenvalue weighted by Gasteiger charge is 2.06. The Morgan fingerprint density at radius 3 is 3.00 bits per heavy atom. The summed E-state index contributed by atoms with van der Waals surface area (Å²) in [7, 11) is 0. The number of carboxylic acids is 1. The van der Waals surface area contributed by atoms with E-state index in [4.69, 9.17) is 9.52 Å². The molecule has 0 spiro atoms. The maximum Gasteiger partial charge on any atom is 0.344 e. The summed E-state index contributed by atoms with van der Waals surface area (Å²) in [4.78, 5) is 24.9. The maximum atomic E-state index is 10.5. The van der Waals surface area contributed by atoms with Crippen molar-refractivity contribution in [2.24, 2.45) is 5.16 Å². The molecule has 0 radical (unpaired) electrons. The van der Waals surface area contributed by atoms with Gasteiger partial charge in [0.05, 0.1) is 6.26 Å². The molecule has 1 aromatic heterocycles. The first-order valence-electron chi connectivity index (χ1n) is 3.65. The molecule has 0 bridgehead atoms. The fourth-order valence-electron chi connectivity index (χ4n) is 0.706. The number of aliphatic carboxylic acids is 1. The molecular weight excluding hydrogens is 190 g/mol. The molecule has 0 fully saturated rings. The van der Waals surface area contributed by atoms with Crippen molar-refractivity contribution in [3.8, 4) is 0 Å². The van der Waals surface area contributed by atoms with E-state index in [0.717, 1.165) is 0 Å². The van der Waals surface area contributed by atoms with Gasteiger partial charge in [0.25, 0.3) is 0 Å². The van der Waals surface area contributed by atoms with Gasteiger partial charge in [-0.25, -0.2) is 4.79 Å². The molecule has 1 heterocycles. The van der Waals surface area contributed by atoms with Crippen LogP contribution in [0.4, 0.5) is 0 Å². The number of nitrogens with zero attached hydrogens (tertiary/aromatic N) is 1. The fraction of sp³-hybridized carbons (Fsp3) is 0.125. The number of carbonyl (C=O) groups is 2. The van der Waals surface area contributed by atoms with Gasteiger partial charge in [-0.05, 0) is 12.1 Å². The largest absolute Gasteiger partial charge is 0.479 e. The summed E-state index contributed by atoms with van der Waals surface area (Å²) >= 11 is 0. The predicted octanol–water partition coefficient (Wildman–Crippen LogP) is 0.284. The van der Waals surface area contributed by atoms with Crippen LogP contribution in [0.25, 0.3) is 0 Å². The van der Waals surface area contributed by atoms with Crippen molar-refractivity contribution in [2.45, 2.75) is 0 Å². The minimum absolute atomic E-state index is 0.0868. The first kappa shape index (κ1) is 9.97. The van der Waals surface area contributed by atoms with Crippen molar-refractivity contribution in [1.82, 2.24) is 0 Å². The number of hydrogen-bond donors (Lipinski definition) is 1. The van der Waals surface area contributed by atoms with Crippen LogP contribution < -0.4 is 0 Å². The minimum Gasteiger partial charge on any atom is -0.479 e. The van der Waals surface area contributed by atoms with Crippen LogP contribution in [0.15, 0.2) is 28.0 Å². The molecule has 0 aromatic carbocycles. The first-order valence-corrected chi connectivity index (χ1v) is 3.65. The van der Waals surface area contributed by atoms with Crippen LogP contribution in [0, 0.1) is 0 Å². The monoisotopic (exact) mass is 197 g/mol. The molecule has 1 rings (SSSR count). The molecule has 0 aliphatic heterocycles. The van der Waals surface area contributed by atoms with Gasteiger partial charge >= 0.3 is 5.97 Å². The van der Waals surface area contributed by atoms with Gasteiger partial charge in [0, 0.05) is 0 Å². The standard InChI is InChI=1S/C8H7NO5/c10-4-6(7-2-1-3-13-7)9-14-5-8(11)12/h1-4H,5H2,(H,11,12)/b9-6-. The highest BCUT2D eigenvalue weighted by Crippen LogP contribution is 2.01. The highest BCUT2D eigenvalue weighted by molar-refractivity contribution is 6.35. The zero-order chi connectivity index (χ0) is 10.4. The molecule has 0 aliphatic rings. The molecule has 0 amide bonds. The van der Waals surface area contributed by atoms with Crippen molar-refractivity contribution in [2.75, 3.05) is 6.61 Å². The van der Waals surface area contributed by atoms with E-state index in [1.807, 2.05) is 0 Å². The molecule has 0 aliphatic carbocycles. The van der Waals surface area contributed by atoms with Crippen LogP contribution in [0.1, 0.15) is 5.76 Å². The number of hydrogen-bond acceptors (Lipinski definition) is 5. The van der Waals surface area contributed by atoms with Gasteiger partial charge < -0.3 is 14.4 Å². The van der Waals surface area contributed by atoms with Crippen LogP contribution in [0.3, 0.4) is 0 Å². The smallest absolute Gasteiger partial charge is 0.344 e. The summed E-state index contributed by atoms with van der Waals surface area (Å²) in [6, 6.07) is 3.09. The molecule has 0 unspecified atom stereocenters. The van der Waals surface area contributed by atoms with Crippen molar-refractivity contribution in [3.05, 3.63) is 24.2 Å². The third kappa shape index (κ3) is 2.74. The zero-order valence-corrected chi connectivity index (χ0v) is 7.04. The second-order valence-electron chi connectivity index (χ2n) is 2.24. The predicted molar refractivity (Wildman–Crippen MR) is 44.9 cm³/mol. The molecule has 14 heavy (non-hydrogen) atoms. The number of carbonyl (C=O) groups excluding carboxylic acids is 1. The molecule has 0 saturated carbocycles. The molecule has 6 heteroatoms. The lowest BCUT2D eigenvalue weighted by atomic mass is 10.3. The SMILES string of the molecule is O=C/C(=N/OCC(=O)O)c1ccco1. The molecule has 0 saturated heterocycles. The summed E-state index contributed by atoms with van der Waals surface area (Å²) in [6.45, 7) is -0.599. The molecule has 1 aromatic rings. The van der Waals surface area contributed by atoms with E-state index in [1.165, 1.54) is 12.3 Å². The lowest BCUT2D eigenvalue weighted by molar-refractivity contribution is -0.142. The van der Waals surface area contributed by atoms with Gasteiger partial charge in [0.1, 0.15) is 0 Å². The number of oxime groups is 1. The molecule has 6 nitrogen and oxygen atoms in total. The third-order valence-electron chi connectivity index (χ3n) is 1.24. The maximum absolute atomic E-state index is 10.5. The van der Waals surface area contributed by atoms with Gasteiger partial charge in [-0.15, -0.1) is 0 Å². The van der Waals surface area contributed by atoms with Gasteiger partial charge in [-0.2, -0.15) is 0 Å². The number of furan rings is 1. The van der Waals surface area contributed by atoms with E-state index < -0.39 is 12.6 Å². The fourth-order valence-corrected chi connectivity index (χ4v) is 0.706. The van der Waals surface area contributed by atoms with E-state index >= 15 is 0 Å². The van der Waals surface area contributed by atoms with Gasteiger partial charge in [0.15, 0.2) is 17.8 Å². The lowest BCUT2D eigenvalue weighted by Gasteiger charge is -1.94. The Morgan fingerprint density at radius 1 is 1.71 bits per heavy atom. The quantitative estimate of drug-likeness (QED) is 0.416. The first-order chi connectivity index (χ1) is 6.74. The van der Waals surface area contributed by atoms with Gasteiger partial charge in [-0.1, -0.05) is 5.16 Å². The zero-order valence-electron chi connectivity index (χ0n) is 7.04. The van der Waals surface area contributed by atoms with Crippen molar-refractivity contribution in [1.29, 1.82) is 0 Å². The van der Waals surface area contributed by atoms with Crippen molar-refractivity contribution < 1.29 is 24.0 Å². The van der Waals surface area contributed by atoms with Crippen LogP contribution in [0.2, 0.25) is 0 Å². The van der Waals surface area contributed by atoms with E-state index in [2.05, 4.69) is 9.99 Å². The number of aldehydes is 1. The van der Waals surface area contributed by atoms with Crippen molar-refractivity contribution >= 4 is 18.0 Å². The normalized spacial score (nSPS) is 11.0. The molecule has 0 atom stereocenters. The minimum atomic E-state index is -1.17. The average Bonchev–Trinajstić information content (AvgIpc) is 2.64. The Morgan fingerprint density at radius 2 is 2.50 bits per heavy atom. The summed E-state index contributed by atoms with van der Waals surface area (Å²) in [5.41, 5.74) is -0.0868. The van der Waals surface area contributed by atoms with Crippen molar-refractivity contribution in [3.63, 3.8) is 0 Å². The highest BCUT2D eigenvalue weighted by atomic mass is 16.6. The summed E-state index contributed by atoms with van der Waals surface area (Å²) in [5.74, 6) is -0.941. The Bertz CT molecular complexity index is 341. The Kier molecular flexibility index (Phi) is 3.42. The van der Waals surface area contributed by atoms with Crippen LogP contribution in [-0.2, 0) is 14.4 Å². The van der Waals surface area contributed by atoms with Crippen LogP contribution >= 0.6 is 0 Å². The Balaban J connectivity index is 2.63. The third-order valence-corrected chi connectivity index (χ3v) is 1.24. The van der Waals surface area contributed by atoms with Crippen LogP contribution in [0.5, 0.6) is 0 Å². The summed E-state index contributed by atoms with van der Waals surface area (Å²) in [5, 5.41) is 11.5. The number of carboxylic acid groups (broad SMARTS) is 1. The summed E-state index contributed by atoms with van der Waals surface area (Å²) < 4.78 is 4.85. The van der Waals surface area contributed by atoms with E-state index in [-0.39, 0.29) is 11.5 Å². The average molecular weight is 197 g/mol. The molecule has 1 N–H and O–H groups in total. The van der Waals surface area contributed by atoms with Gasteiger partial charge in [-0.3, -0.25) is 4.79 Å². The molecule has 74 valence electrons. The Labute approximate surface area is 78.8 Å². The van der Waals surface area contributed by atoms with E-state index in [9.17, 15) is 9.59 Å². The number of rotatable bonds is 5. The topological polar surface area (TPSA) is 89.1 Å². The van der Waals surface area contributed by atoms with Crippen LogP contribution in [-0.4, -0.2) is 29.7 Å². The second-order valence-corrected chi connectivity index (χ2v) is 2.24. The van der Waals surface area contributed by atoms with E-state index in [1.54, 1.807) is 6.07 Å². The Hall–Kier alpha value is -2.11. The van der Waals surface area contributed by atoms with Gasteiger partial charge in [0.2, 0.25) is 6.61 Å². The van der Waals surface area contributed by atoms with E-state index in [0.29, 0.717) is 6.29 Å². The molecular formula is C8H7NO5. The summed E-state index contributed by atoms with van der Waals surface area (Å²) in [6.07, 6.45) is 1.78.